The summed E-state index contributed by atoms with van der Waals surface area (Å²) in [6.45, 7) is -0.300. The summed E-state index contributed by atoms with van der Waals surface area (Å²) in [6, 6.07) is 3.53. The Kier molecular flexibility index (Phi) is 2.91. The number of tetrazole rings is 1. The largest absolute Gasteiger partial charge is 0.480 e. The smallest absolute Gasteiger partial charge is 0.325 e. The summed E-state index contributed by atoms with van der Waals surface area (Å²) in [7, 11) is 0. The second kappa shape index (κ2) is 4.35. The Labute approximate surface area is 98.2 Å². The minimum Gasteiger partial charge on any atom is -0.480 e. The molecule has 2 heterocycles. The highest BCUT2D eigenvalue weighted by molar-refractivity contribution is 9.10. The summed E-state index contributed by atoms with van der Waals surface area (Å²) in [5.74, 6) is -0.699. The maximum absolute atomic E-state index is 10.6. The Bertz CT molecular complexity index is 527. The van der Waals surface area contributed by atoms with Crippen LogP contribution in [0.2, 0.25) is 0 Å². The SMILES string of the molecule is O=C(O)Cn1nnnc1-c1ncccc1Br. The predicted octanol–water partition coefficient (Wildman–Crippen LogP) is 0.582. The van der Waals surface area contributed by atoms with Crippen LogP contribution in [-0.4, -0.2) is 36.3 Å². The highest BCUT2D eigenvalue weighted by Gasteiger charge is 2.14. The lowest BCUT2D eigenvalue weighted by Gasteiger charge is -2.02. The zero-order valence-electron chi connectivity index (χ0n) is 7.91. The standard InChI is InChI=1S/C8H6BrN5O2/c9-5-2-1-3-10-7(5)8-11-12-13-14(8)4-6(15)16/h1-3H,4H2,(H,15,16). The van der Waals surface area contributed by atoms with Crippen molar-refractivity contribution in [2.75, 3.05) is 0 Å². The summed E-state index contributed by atoms with van der Waals surface area (Å²) in [5, 5.41) is 19.4. The third kappa shape index (κ3) is 2.06. The lowest BCUT2D eigenvalue weighted by Crippen LogP contribution is -2.12. The lowest BCUT2D eigenvalue weighted by molar-refractivity contribution is -0.137. The first-order chi connectivity index (χ1) is 7.68. The quantitative estimate of drug-likeness (QED) is 0.886. The van der Waals surface area contributed by atoms with Crippen LogP contribution in [0.25, 0.3) is 11.5 Å². The van der Waals surface area contributed by atoms with Crippen LogP contribution in [0.4, 0.5) is 0 Å². The van der Waals surface area contributed by atoms with Crippen molar-refractivity contribution < 1.29 is 9.90 Å². The third-order valence-electron chi connectivity index (χ3n) is 1.79. The van der Waals surface area contributed by atoms with E-state index in [9.17, 15) is 4.79 Å². The van der Waals surface area contributed by atoms with Crippen LogP contribution in [0.3, 0.4) is 0 Å². The Hall–Kier alpha value is -1.83. The maximum Gasteiger partial charge on any atom is 0.325 e. The number of aromatic nitrogens is 5. The highest BCUT2D eigenvalue weighted by Crippen LogP contribution is 2.22. The van der Waals surface area contributed by atoms with Gasteiger partial charge < -0.3 is 5.11 Å². The molecule has 0 aliphatic rings. The molecule has 0 unspecified atom stereocenters. The number of hydrogen-bond acceptors (Lipinski definition) is 5. The van der Waals surface area contributed by atoms with E-state index in [4.69, 9.17) is 5.11 Å². The maximum atomic E-state index is 10.6. The third-order valence-corrected chi connectivity index (χ3v) is 2.43. The molecule has 8 heteroatoms. The van der Waals surface area contributed by atoms with Gasteiger partial charge in [0.25, 0.3) is 0 Å². The summed E-state index contributed by atoms with van der Waals surface area (Å²) in [4.78, 5) is 14.7. The van der Waals surface area contributed by atoms with Crippen molar-refractivity contribution >= 4 is 21.9 Å². The molecule has 2 aromatic rings. The Balaban J connectivity index is 2.45. The Morgan fingerprint density at radius 3 is 3.06 bits per heavy atom. The molecule has 16 heavy (non-hydrogen) atoms. The van der Waals surface area contributed by atoms with Gasteiger partial charge in [0, 0.05) is 10.7 Å². The first-order valence-corrected chi connectivity index (χ1v) is 5.06. The zero-order chi connectivity index (χ0) is 11.5. The molecule has 0 atom stereocenters. The fourth-order valence-electron chi connectivity index (χ4n) is 1.16. The van der Waals surface area contributed by atoms with E-state index in [1.54, 1.807) is 18.3 Å². The molecule has 0 aliphatic carbocycles. The van der Waals surface area contributed by atoms with Gasteiger partial charge in [0.05, 0.1) is 0 Å². The van der Waals surface area contributed by atoms with Crippen LogP contribution in [0.1, 0.15) is 0 Å². The molecule has 0 fully saturated rings. The number of hydrogen-bond donors (Lipinski definition) is 1. The average Bonchev–Trinajstić information content (AvgIpc) is 2.66. The van der Waals surface area contributed by atoms with Gasteiger partial charge in [-0.2, -0.15) is 0 Å². The predicted molar refractivity (Wildman–Crippen MR) is 56.4 cm³/mol. The second-order valence-corrected chi connectivity index (χ2v) is 3.74. The highest BCUT2D eigenvalue weighted by atomic mass is 79.9. The number of carbonyl (C=O) groups is 1. The number of carboxylic acids is 1. The number of carboxylic acid groups (broad SMARTS) is 1. The molecule has 2 aromatic heterocycles. The normalized spacial score (nSPS) is 10.3. The van der Waals surface area contributed by atoms with Gasteiger partial charge in [0.15, 0.2) is 0 Å². The second-order valence-electron chi connectivity index (χ2n) is 2.89. The van der Waals surface area contributed by atoms with Gasteiger partial charge in [-0.25, -0.2) is 4.68 Å². The number of pyridine rings is 1. The molecule has 0 saturated carbocycles. The topological polar surface area (TPSA) is 93.8 Å². The molecule has 82 valence electrons. The van der Waals surface area contributed by atoms with Crippen LogP contribution in [0.5, 0.6) is 0 Å². The molecule has 0 amide bonds. The number of halogens is 1. The van der Waals surface area contributed by atoms with Gasteiger partial charge in [-0.15, -0.1) is 5.10 Å². The minimum absolute atomic E-state index is 0.300. The summed E-state index contributed by atoms with van der Waals surface area (Å²) in [5.41, 5.74) is 0.508. The average molecular weight is 284 g/mol. The first kappa shape index (κ1) is 10.7. The zero-order valence-corrected chi connectivity index (χ0v) is 9.49. The lowest BCUT2D eigenvalue weighted by atomic mass is 10.3. The minimum atomic E-state index is -1.01. The van der Waals surface area contributed by atoms with E-state index >= 15 is 0 Å². The van der Waals surface area contributed by atoms with Crippen molar-refractivity contribution in [2.45, 2.75) is 6.54 Å². The Morgan fingerprint density at radius 2 is 2.38 bits per heavy atom. The molecular formula is C8H6BrN5O2. The van der Waals surface area contributed by atoms with Gasteiger partial charge in [0.2, 0.25) is 5.82 Å². The number of nitrogens with zero attached hydrogens (tertiary/aromatic N) is 5. The van der Waals surface area contributed by atoms with E-state index in [0.29, 0.717) is 16.0 Å². The van der Waals surface area contributed by atoms with Crippen LogP contribution in [0.15, 0.2) is 22.8 Å². The fourth-order valence-corrected chi connectivity index (χ4v) is 1.59. The van der Waals surface area contributed by atoms with Crippen molar-refractivity contribution in [1.29, 1.82) is 0 Å². The monoisotopic (exact) mass is 283 g/mol. The van der Waals surface area contributed by atoms with Gasteiger partial charge in [-0.05, 0) is 38.5 Å². The molecule has 0 bridgehead atoms. The number of aliphatic carboxylic acids is 1. The van der Waals surface area contributed by atoms with Gasteiger partial charge in [-0.3, -0.25) is 9.78 Å². The van der Waals surface area contributed by atoms with E-state index in [2.05, 4.69) is 36.4 Å². The van der Waals surface area contributed by atoms with E-state index in [0.717, 1.165) is 0 Å². The fraction of sp³-hybridized carbons (Fsp3) is 0.125. The molecule has 0 aliphatic heterocycles. The summed E-state index contributed by atoms with van der Waals surface area (Å²) >= 11 is 3.30. The molecule has 0 saturated heterocycles. The van der Waals surface area contributed by atoms with Crippen LogP contribution in [-0.2, 0) is 11.3 Å². The van der Waals surface area contributed by atoms with E-state index in [1.165, 1.54) is 4.68 Å². The van der Waals surface area contributed by atoms with Crippen molar-refractivity contribution in [3.63, 3.8) is 0 Å². The Morgan fingerprint density at radius 1 is 1.56 bits per heavy atom. The van der Waals surface area contributed by atoms with Gasteiger partial charge >= 0.3 is 5.97 Å². The number of rotatable bonds is 3. The van der Waals surface area contributed by atoms with Gasteiger partial charge in [-0.1, -0.05) is 0 Å². The van der Waals surface area contributed by atoms with Crippen molar-refractivity contribution in [3.8, 4) is 11.5 Å². The molecule has 0 spiro atoms. The first-order valence-electron chi connectivity index (χ1n) is 4.27. The van der Waals surface area contributed by atoms with Crippen LogP contribution < -0.4 is 0 Å². The molecule has 0 aromatic carbocycles. The molecular weight excluding hydrogens is 278 g/mol. The van der Waals surface area contributed by atoms with Crippen molar-refractivity contribution in [2.24, 2.45) is 0 Å². The van der Waals surface area contributed by atoms with E-state index < -0.39 is 5.97 Å². The van der Waals surface area contributed by atoms with Crippen molar-refractivity contribution in [1.82, 2.24) is 25.2 Å². The van der Waals surface area contributed by atoms with Crippen LogP contribution >= 0.6 is 15.9 Å². The van der Waals surface area contributed by atoms with E-state index in [-0.39, 0.29) is 6.54 Å². The van der Waals surface area contributed by atoms with Crippen LogP contribution in [0, 0.1) is 0 Å². The summed E-state index contributed by atoms with van der Waals surface area (Å²) in [6.07, 6.45) is 1.58. The molecule has 1 N–H and O–H groups in total. The molecule has 7 nitrogen and oxygen atoms in total. The van der Waals surface area contributed by atoms with Gasteiger partial charge in [0.1, 0.15) is 12.2 Å². The molecule has 2 rings (SSSR count). The van der Waals surface area contributed by atoms with Crippen molar-refractivity contribution in [3.05, 3.63) is 22.8 Å². The summed E-state index contributed by atoms with van der Waals surface area (Å²) < 4.78 is 1.88. The van der Waals surface area contributed by atoms with E-state index in [1.807, 2.05) is 0 Å². The molecule has 0 radical (unpaired) electrons.